The fourth-order valence-electron chi connectivity index (χ4n) is 2.19. The van der Waals surface area contributed by atoms with Gasteiger partial charge in [-0.25, -0.2) is 0 Å². The van der Waals surface area contributed by atoms with E-state index in [9.17, 15) is 4.79 Å². The van der Waals surface area contributed by atoms with Gasteiger partial charge >= 0.3 is 0 Å². The lowest BCUT2D eigenvalue weighted by Crippen LogP contribution is -2.19. The molecular formula is C17H21NO2S. The van der Waals surface area contributed by atoms with E-state index in [1.807, 2.05) is 29.6 Å². The Bertz CT molecular complexity index is 549. The van der Waals surface area contributed by atoms with Crippen molar-refractivity contribution in [3.05, 3.63) is 52.2 Å². The minimum atomic E-state index is 0.253. The molecule has 1 heterocycles. The quantitative estimate of drug-likeness (QED) is 0.694. The first-order valence-corrected chi connectivity index (χ1v) is 7.95. The molecule has 3 nitrogen and oxygen atoms in total. The summed E-state index contributed by atoms with van der Waals surface area (Å²) in [5, 5.41) is 1.95. The van der Waals surface area contributed by atoms with Crippen LogP contribution in [0.4, 0.5) is 0 Å². The van der Waals surface area contributed by atoms with Crippen LogP contribution in [0.2, 0.25) is 0 Å². The molecule has 0 aliphatic heterocycles. The van der Waals surface area contributed by atoms with Gasteiger partial charge in [-0.3, -0.25) is 4.79 Å². The lowest BCUT2D eigenvalue weighted by molar-refractivity contribution is 0.0980. The second kappa shape index (κ2) is 7.96. The van der Waals surface area contributed by atoms with E-state index in [0.29, 0.717) is 6.42 Å². The van der Waals surface area contributed by atoms with Gasteiger partial charge in [-0.2, -0.15) is 0 Å². The Hall–Kier alpha value is -1.65. The first-order valence-electron chi connectivity index (χ1n) is 7.07. The molecule has 4 heteroatoms. The number of Topliss-reactive ketones (excluding diaryl/α,β-unsaturated/α-hetero) is 1. The molecule has 0 radical (unpaired) electrons. The third-order valence-corrected chi connectivity index (χ3v) is 4.26. The van der Waals surface area contributed by atoms with Gasteiger partial charge in [0.1, 0.15) is 5.75 Å². The SMILES string of the molecule is COc1ccc(CN(C)CCCC(=O)c2cccs2)cc1. The van der Waals surface area contributed by atoms with E-state index in [0.717, 1.165) is 30.1 Å². The van der Waals surface area contributed by atoms with Crippen LogP contribution in [0.3, 0.4) is 0 Å². The molecule has 0 spiro atoms. The molecule has 0 N–H and O–H groups in total. The molecule has 0 fully saturated rings. The van der Waals surface area contributed by atoms with Gasteiger partial charge in [-0.05, 0) is 49.2 Å². The van der Waals surface area contributed by atoms with Gasteiger partial charge in [-0.1, -0.05) is 18.2 Å². The molecule has 112 valence electrons. The van der Waals surface area contributed by atoms with Crippen LogP contribution in [0.15, 0.2) is 41.8 Å². The number of carbonyl (C=O) groups is 1. The van der Waals surface area contributed by atoms with E-state index in [-0.39, 0.29) is 5.78 Å². The van der Waals surface area contributed by atoms with Crippen LogP contribution in [-0.2, 0) is 6.54 Å². The topological polar surface area (TPSA) is 29.5 Å². The van der Waals surface area contributed by atoms with Gasteiger partial charge in [-0.15, -0.1) is 11.3 Å². The van der Waals surface area contributed by atoms with Crippen LogP contribution in [0.1, 0.15) is 28.1 Å². The van der Waals surface area contributed by atoms with E-state index in [2.05, 4.69) is 24.1 Å². The Kier molecular flexibility index (Phi) is 5.96. The second-order valence-electron chi connectivity index (χ2n) is 5.09. The summed E-state index contributed by atoms with van der Waals surface area (Å²) in [6.07, 6.45) is 1.51. The maximum Gasteiger partial charge on any atom is 0.172 e. The first-order chi connectivity index (χ1) is 10.2. The van der Waals surface area contributed by atoms with Crippen molar-refractivity contribution in [2.75, 3.05) is 20.7 Å². The highest BCUT2D eigenvalue weighted by atomic mass is 32.1. The number of hydrogen-bond acceptors (Lipinski definition) is 4. The monoisotopic (exact) mass is 303 g/mol. The number of carbonyl (C=O) groups excluding carboxylic acids is 1. The van der Waals surface area contributed by atoms with Crippen LogP contribution in [0, 0.1) is 0 Å². The lowest BCUT2D eigenvalue weighted by Gasteiger charge is -2.16. The molecule has 0 aliphatic carbocycles. The predicted octanol–water partition coefficient (Wildman–Crippen LogP) is 3.85. The fourth-order valence-corrected chi connectivity index (χ4v) is 2.89. The van der Waals surface area contributed by atoms with Crippen molar-refractivity contribution in [2.24, 2.45) is 0 Å². The average Bonchev–Trinajstić information content (AvgIpc) is 3.02. The number of ketones is 1. The van der Waals surface area contributed by atoms with Gasteiger partial charge in [0.25, 0.3) is 0 Å². The molecule has 0 saturated heterocycles. The number of ether oxygens (including phenoxy) is 1. The summed E-state index contributed by atoms with van der Waals surface area (Å²) in [6.45, 7) is 1.81. The highest BCUT2D eigenvalue weighted by Crippen LogP contribution is 2.14. The van der Waals surface area contributed by atoms with Crippen molar-refractivity contribution in [1.29, 1.82) is 0 Å². The molecule has 2 rings (SSSR count). The van der Waals surface area contributed by atoms with Gasteiger partial charge < -0.3 is 9.64 Å². The summed E-state index contributed by atoms with van der Waals surface area (Å²) in [5.74, 6) is 1.13. The predicted molar refractivity (Wildman–Crippen MR) is 87.2 cm³/mol. The zero-order valence-corrected chi connectivity index (χ0v) is 13.4. The third kappa shape index (κ3) is 4.99. The van der Waals surface area contributed by atoms with E-state index in [1.165, 1.54) is 16.9 Å². The number of hydrogen-bond donors (Lipinski definition) is 0. The van der Waals surface area contributed by atoms with Crippen LogP contribution in [0.25, 0.3) is 0 Å². The van der Waals surface area contributed by atoms with Crippen LogP contribution in [-0.4, -0.2) is 31.4 Å². The standard InChI is InChI=1S/C17H21NO2S/c1-18(13-14-7-9-15(20-2)10-8-14)11-3-5-16(19)17-6-4-12-21-17/h4,6-10,12H,3,5,11,13H2,1-2H3. The number of thiophene rings is 1. The second-order valence-corrected chi connectivity index (χ2v) is 6.04. The molecule has 0 bridgehead atoms. The molecule has 0 atom stereocenters. The summed E-state index contributed by atoms with van der Waals surface area (Å²) in [6, 6.07) is 11.9. The normalized spacial score (nSPS) is 10.8. The Morgan fingerprint density at radius 3 is 2.62 bits per heavy atom. The summed E-state index contributed by atoms with van der Waals surface area (Å²) in [4.78, 5) is 15.0. The average molecular weight is 303 g/mol. The summed E-state index contributed by atoms with van der Waals surface area (Å²) in [5.41, 5.74) is 1.25. The number of methoxy groups -OCH3 is 1. The number of rotatable bonds is 8. The molecule has 1 aromatic carbocycles. The largest absolute Gasteiger partial charge is 0.497 e. The maximum atomic E-state index is 11.9. The number of benzene rings is 1. The fraction of sp³-hybridized carbons (Fsp3) is 0.353. The van der Waals surface area contributed by atoms with Crippen molar-refractivity contribution in [3.63, 3.8) is 0 Å². The van der Waals surface area contributed by atoms with E-state index < -0.39 is 0 Å². The van der Waals surface area contributed by atoms with Crippen molar-refractivity contribution >= 4 is 17.1 Å². The Morgan fingerprint density at radius 2 is 2.00 bits per heavy atom. The highest BCUT2D eigenvalue weighted by Gasteiger charge is 2.07. The molecule has 0 saturated carbocycles. The van der Waals surface area contributed by atoms with Crippen molar-refractivity contribution < 1.29 is 9.53 Å². The van der Waals surface area contributed by atoms with Crippen LogP contribution in [0.5, 0.6) is 5.75 Å². The van der Waals surface area contributed by atoms with Crippen molar-refractivity contribution in [3.8, 4) is 5.75 Å². The van der Waals surface area contributed by atoms with E-state index in [1.54, 1.807) is 7.11 Å². The summed E-state index contributed by atoms with van der Waals surface area (Å²) < 4.78 is 5.15. The van der Waals surface area contributed by atoms with Gasteiger partial charge in [0.15, 0.2) is 5.78 Å². The third-order valence-electron chi connectivity index (χ3n) is 3.35. The molecule has 2 aromatic rings. The van der Waals surface area contributed by atoms with E-state index in [4.69, 9.17) is 4.74 Å². The van der Waals surface area contributed by atoms with Crippen molar-refractivity contribution in [2.45, 2.75) is 19.4 Å². The minimum Gasteiger partial charge on any atom is -0.497 e. The smallest absolute Gasteiger partial charge is 0.172 e. The Morgan fingerprint density at radius 1 is 1.24 bits per heavy atom. The van der Waals surface area contributed by atoms with E-state index >= 15 is 0 Å². The minimum absolute atomic E-state index is 0.253. The Balaban J connectivity index is 1.71. The number of nitrogens with zero attached hydrogens (tertiary/aromatic N) is 1. The van der Waals surface area contributed by atoms with Gasteiger partial charge in [0, 0.05) is 13.0 Å². The van der Waals surface area contributed by atoms with Gasteiger partial charge in [0.2, 0.25) is 0 Å². The molecule has 0 amide bonds. The van der Waals surface area contributed by atoms with Crippen LogP contribution < -0.4 is 4.74 Å². The highest BCUT2D eigenvalue weighted by molar-refractivity contribution is 7.12. The molecule has 0 unspecified atom stereocenters. The zero-order valence-electron chi connectivity index (χ0n) is 12.5. The molecule has 1 aromatic heterocycles. The molecule has 0 aliphatic rings. The lowest BCUT2D eigenvalue weighted by atomic mass is 10.1. The zero-order chi connectivity index (χ0) is 15.1. The summed E-state index contributed by atoms with van der Waals surface area (Å²) in [7, 11) is 3.76. The molecule has 21 heavy (non-hydrogen) atoms. The maximum absolute atomic E-state index is 11.9. The van der Waals surface area contributed by atoms with Crippen LogP contribution >= 0.6 is 11.3 Å². The van der Waals surface area contributed by atoms with Crippen molar-refractivity contribution in [1.82, 2.24) is 4.90 Å². The summed E-state index contributed by atoms with van der Waals surface area (Å²) >= 11 is 1.52. The van der Waals surface area contributed by atoms with Gasteiger partial charge in [0.05, 0.1) is 12.0 Å². The first kappa shape index (κ1) is 15.7. The Labute approximate surface area is 130 Å². The molecular weight excluding hydrogens is 282 g/mol.